The molecule has 1 aromatic heterocycles. The van der Waals surface area contributed by atoms with Crippen molar-refractivity contribution < 1.29 is 9.13 Å². The van der Waals surface area contributed by atoms with Gasteiger partial charge in [0, 0.05) is 18.7 Å². The molecule has 4 nitrogen and oxygen atoms in total. The molecule has 5 heteroatoms. The van der Waals surface area contributed by atoms with Crippen LogP contribution in [0.5, 0.6) is 5.75 Å². The summed E-state index contributed by atoms with van der Waals surface area (Å²) in [4.78, 5) is 4.06. The van der Waals surface area contributed by atoms with Crippen molar-refractivity contribution >= 4 is 0 Å². The molecule has 0 aliphatic carbocycles. The van der Waals surface area contributed by atoms with Gasteiger partial charge in [-0.15, -0.1) is 0 Å². The summed E-state index contributed by atoms with van der Waals surface area (Å²) >= 11 is 0. The van der Waals surface area contributed by atoms with Gasteiger partial charge in [-0.1, -0.05) is 6.92 Å². The quantitative estimate of drug-likeness (QED) is 0.851. The Morgan fingerprint density at radius 2 is 2.24 bits per heavy atom. The Bertz CT molecular complexity index is 583. The number of halogens is 1. The van der Waals surface area contributed by atoms with Crippen LogP contribution in [0.4, 0.5) is 4.39 Å². The first kappa shape index (κ1) is 15.5. The van der Waals surface area contributed by atoms with Crippen LogP contribution < -0.4 is 10.1 Å². The molecule has 1 atom stereocenters. The number of ether oxygens (including phenoxy) is 1. The number of rotatable bonds is 7. The van der Waals surface area contributed by atoms with Crippen molar-refractivity contribution in [3.8, 4) is 5.75 Å². The molecule has 1 heterocycles. The molecule has 0 aliphatic rings. The number of nitrogens with one attached hydrogen (secondary N) is 1. The van der Waals surface area contributed by atoms with E-state index >= 15 is 0 Å². The largest absolute Gasteiger partial charge is 0.487 e. The third-order valence-electron chi connectivity index (χ3n) is 3.43. The number of nitrogens with zero attached hydrogens (tertiary/aromatic N) is 2. The molecule has 0 bridgehead atoms. The smallest absolute Gasteiger partial charge is 0.130 e. The highest BCUT2D eigenvalue weighted by molar-refractivity contribution is 5.36. The summed E-state index contributed by atoms with van der Waals surface area (Å²) < 4.78 is 21.3. The number of hydrogen-bond acceptors (Lipinski definition) is 3. The van der Waals surface area contributed by atoms with Crippen LogP contribution in [0.25, 0.3) is 0 Å². The number of aromatic nitrogens is 2. The van der Waals surface area contributed by atoms with E-state index in [-0.39, 0.29) is 11.9 Å². The average molecular weight is 291 g/mol. The van der Waals surface area contributed by atoms with Crippen LogP contribution in [0, 0.1) is 5.82 Å². The highest BCUT2D eigenvalue weighted by Crippen LogP contribution is 2.26. The maximum absolute atomic E-state index is 13.5. The summed E-state index contributed by atoms with van der Waals surface area (Å²) in [6.45, 7) is 5.42. The second-order valence-electron chi connectivity index (χ2n) is 5.14. The van der Waals surface area contributed by atoms with Crippen LogP contribution in [-0.4, -0.2) is 16.1 Å². The summed E-state index contributed by atoms with van der Waals surface area (Å²) in [5, 5.41) is 3.36. The lowest BCUT2D eigenvalue weighted by molar-refractivity contribution is 0.290. The second kappa shape index (κ2) is 7.22. The van der Waals surface area contributed by atoms with Crippen LogP contribution in [0.3, 0.4) is 0 Å². The zero-order valence-corrected chi connectivity index (χ0v) is 12.8. The van der Waals surface area contributed by atoms with Crippen molar-refractivity contribution in [1.82, 2.24) is 14.9 Å². The highest BCUT2D eigenvalue weighted by atomic mass is 19.1. The van der Waals surface area contributed by atoms with E-state index in [1.54, 1.807) is 18.6 Å². The lowest BCUT2D eigenvalue weighted by Gasteiger charge is -2.18. The highest BCUT2D eigenvalue weighted by Gasteiger charge is 2.13. The van der Waals surface area contributed by atoms with Gasteiger partial charge in [-0.3, -0.25) is 0 Å². The fourth-order valence-electron chi connectivity index (χ4n) is 2.14. The molecule has 21 heavy (non-hydrogen) atoms. The Balaban J connectivity index is 2.12. The Kier molecular flexibility index (Phi) is 5.33. The summed E-state index contributed by atoms with van der Waals surface area (Å²) in [6.07, 6.45) is 4.53. The molecular formula is C16H22FN3O. The normalized spacial score (nSPS) is 12.4. The van der Waals surface area contributed by atoms with Crippen molar-refractivity contribution in [2.24, 2.45) is 7.05 Å². The van der Waals surface area contributed by atoms with Crippen LogP contribution in [0.1, 0.15) is 37.6 Å². The molecule has 1 aromatic carbocycles. The molecule has 0 radical (unpaired) electrons. The van der Waals surface area contributed by atoms with E-state index in [2.05, 4.69) is 17.2 Å². The van der Waals surface area contributed by atoms with Gasteiger partial charge in [0.1, 0.15) is 18.2 Å². The Hall–Kier alpha value is -1.88. The zero-order chi connectivity index (χ0) is 15.2. The molecule has 1 N–H and O–H groups in total. The fraction of sp³-hybridized carbons (Fsp3) is 0.438. The van der Waals surface area contributed by atoms with E-state index in [4.69, 9.17) is 4.74 Å². The molecule has 0 aliphatic heterocycles. The van der Waals surface area contributed by atoms with Crippen LogP contribution in [0.2, 0.25) is 0 Å². The van der Waals surface area contributed by atoms with Crippen molar-refractivity contribution in [2.45, 2.75) is 32.9 Å². The first-order valence-electron chi connectivity index (χ1n) is 7.22. The zero-order valence-electron chi connectivity index (χ0n) is 12.8. The van der Waals surface area contributed by atoms with Gasteiger partial charge in [-0.05, 0) is 38.1 Å². The predicted molar refractivity (Wildman–Crippen MR) is 80.6 cm³/mol. The van der Waals surface area contributed by atoms with Gasteiger partial charge in [0.05, 0.1) is 18.2 Å². The van der Waals surface area contributed by atoms with Gasteiger partial charge in [0.15, 0.2) is 0 Å². The minimum atomic E-state index is -0.247. The van der Waals surface area contributed by atoms with Gasteiger partial charge in [0.25, 0.3) is 0 Å². The predicted octanol–water partition coefficient (Wildman–Crippen LogP) is 3.20. The number of aryl methyl sites for hydroxylation is 1. The fourth-order valence-corrected chi connectivity index (χ4v) is 2.14. The minimum Gasteiger partial charge on any atom is -0.487 e. The monoisotopic (exact) mass is 291 g/mol. The Morgan fingerprint density at radius 3 is 2.90 bits per heavy atom. The van der Waals surface area contributed by atoms with E-state index in [9.17, 15) is 4.39 Å². The summed E-state index contributed by atoms with van der Waals surface area (Å²) in [6, 6.07) is 4.69. The molecule has 0 saturated heterocycles. The first-order valence-corrected chi connectivity index (χ1v) is 7.22. The molecule has 0 fully saturated rings. The minimum absolute atomic E-state index is 0.0437. The Morgan fingerprint density at radius 1 is 1.43 bits per heavy atom. The van der Waals surface area contributed by atoms with Crippen molar-refractivity contribution in [3.63, 3.8) is 0 Å². The molecule has 2 aromatic rings. The molecule has 2 rings (SSSR count). The van der Waals surface area contributed by atoms with Crippen LogP contribution >= 0.6 is 0 Å². The Labute approximate surface area is 125 Å². The lowest BCUT2D eigenvalue weighted by Crippen LogP contribution is -2.20. The van der Waals surface area contributed by atoms with E-state index in [1.807, 2.05) is 18.5 Å². The number of imidazole rings is 1. The third kappa shape index (κ3) is 4.04. The lowest BCUT2D eigenvalue weighted by atomic mass is 10.1. The van der Waals surface area contributed by atoms with E-state index in [0.717, 1.165) is 24.2 Å². The van der Waals surface area contributed by atoms with Crippen molar-refractivity contribution in [3.05, 3.63) is 47.8 Å². The van der Waals surface area contributed by atoms with Crippen molar-refractivity contribution in [2.75, 3.05) is 6.54 Å². The van der Waals surface area contributed by atoms with E-state index in [0.29, 0.717) is 12.4 Å². The third-order valence-corrected chi connectivity index (χ3v) is 3.43. The van der Waals surface area contributed by atoms with E-state index in [1.165, 1.54) is 12.1 Å². The van der Waals surface area contributed by atoms with Gasteiger partial charge in [-0.25, -0.2) is 9.37 Å². The molecule has 0 amide bonds. The van der Waals surface area contributed by atoms with E-state index < -0.39 is 0 Å². The summed E-state index contributed by atoms with van der Waals surface area (Å²) in [7, 11) is 1.92. The topological polar surface area (TPSA) is 39.1 Å². The van der Waals surface area contributed by atoms with Gasteiger partial charge < -0.3 is 14.6 Å². The first-order chi connectivity index (χ1) is 10.1. The van der Waals surface area contributed by atoms with Crippen LogP contribution in [-0.2, 0) is 13.7 Å². The molecule has 0 saturated carbocycles. The van der Waals surface area contributed by atoms with Gasteiger partial charge in [0.2, 0.25) is 0 Å². The summed E-state index contributed by atoms with van der Waals surface area (Å²) in [5.74, 6) is 0.455. The maximum atomic E-state index is 13.5. The SMILES string of the molecule is CCCNC(C)c1cc(F)ccc1OCc1cncn1C. The van der Waals surface area contributed by atoms with Crippen LogP contribution in [0.15, 0.2) is 30.7 Å². The van der Waals surface area contributed by atoms with Crippen molar-refractivity contribution in [1.29, 1.82) is 0 Å². The summed E-state index contributed by atoms with van der Waals surface area (Å²) in [5.41, 5.74) is 1.81. The second-order valence-corrected chi connectivity index (χ2v) is 5.14. The molecule has 1 unspecified atom stereocenters. The number of hydrogen-bond donors (Lipinski definition) is 1. The van der Waals surface area contributed by atoms with Gasteiger partial charge in [-0.2, -0.15) is 0 Å². The van der Waals surface area contributed by atoms with Gasteiger partial charge >= 0.3 is 0 Å². The standard InChI is InChI=1S/C16H22FN3O/c1-4-7-19-12(2)15-8-13(17)5-6-16(15)21-10-14-9-18-11-20(14)3/h5-6,8-9,11-12,19H,4,7,10H2,1-3H3. The number of benzene rings is 1. The molecular weight excluding hydrogens is 269 g/mol. The maximum Gasteiger partial charge on any atom is 0.130 e. The average Bonchev–Trinajstić information content (AvgIpc) is 2.88. The molecule has 114 valence electrons. The molecule has 0 spiro atoms.